The molecule has 0 saturated carbocycles. The molecule has 0 aromatic heterocycles. The van der Waals surface area contributed by atoms with Crippen LogP contribution >= 0.6 is 0 Å². The van der Waals surface area contributed by atoms with Gasteiger partial charge in [0.1, 0.15) is 11.6 Å². The Morgan fingerprint density at radius 1 is 1.22 bits per heavy atom. The van der Waals surface area contributed by atoms with Crippen LogP contribution in [0, 0.1) is 5.92 Å². The van der Waals surface area contributed by atoms with Gasteiger partial charge in [-0.1, -0.05) is 35.5 Å². The molecule has 0 bridgehead atoms. The van der Waals surface area contributed by atoms with Gasteiger partial charge in [-0.3, -0.25) is 4.79 Å². The maximum atomic E-state index is 13.6. The second kappa shape index (κ2) is 7.04. The smallest absolute Gasteiger partial charge is 0.176 e. The summed E-state index contributed by atoms with van der Waals surface area (Å²) in [6, 6.07) is 14.4. The van der Waals surface area contributed by atoms with Crippen LogP contribution in [0.3, 0.4) is 0 Å². The van der Waals surface area contributed by atoms with Crippen LogP contribution in [-0.2, 0) is 4.84 Å². The lowest BCUT2D eigenvalue weighted by atomic mass is 9.73. The van der Waals surface area contributed by atoms with Crippen molar-refractivity contribution in [2.75, 3.05) is 20.2 Å². The molecular weight excluding hydrogens is 344 g/mol. The van der Waals surface area contributed by atoms with Crippen LogP contribution in [0.25, 0.3) is 0 Å². The molecule has 6 heteroatoms. The fourth-order valence-electron chi connectivity index (χ4n) is 3.91. The number of carbonyl (C=O) groups excluding carboxylic acids is 1. The van der Waals surface area contributed by atoms with Gasteiger partial charge in [-0.25, -0.2) is 0 Å². The van der Waals surface area contributed by atoms with Gasteiger partial charge in [-0.05, 0) is 31.3 Å². The number of oxime groups is 1. The van der Waals surface area contributed by atoms with Crippen molar-refractivity contribution in [1.82, 2.24) is 5.32 Å². The molecule has 2 heterocycles. The first-order chi connectivity index (χ1) is 13.1. The van der Waals surface area contributed by atoms with Crippen molar-refractivity contribution in [2.24, 2.45) is 11.1 Å². The average molecular weight is 366 g/mol. The summed E-state index contributed by atoms with van der Waals surface area (Å²) < 4.78 is 5.17. The molecule has 2 aliphatic rings. The minimum absolute atomic E-state index is 0.00486. The molecule has 1 saturated heterocycles. The third kappa shape index (κ3) is 3.06. The van der Waals surface area contributed by atoms with Crippen LogP contribution in [0.1, 0.15) is 28.8 Å². The minimum atomic E-state index is -0.640. The molecule has 140 valence electrons. The molecule has 4 rings (SSSR count). The quantitative estimate of drug-likeness (QED) is 0.814. The average Bonchev–Trinajstić information content (AvgIpc) is 3.07. The zero-order valence-electron chi connectivity index (χ0n) is 15.1. The first-order valence-electron chi connectivity index (χ1n) is 9.08. The number of carbonyl (C=O) groups is 1. The molecule has 1 fully saturated rings. The van der Waals surface area contributed by atoms with Gasteiger partial charge in [-0.2, -0.15) is 0 Å². The molecule has 0 radical (unpaired) electrons. The molecule has 2 aliphatic heterocycles. The van der Waals surface area contributed by atoms with Crippen molar-refractivity contribution in [3.05, 3.63) is 59.7 Å². The maximum Gasteiger partial charge on any atom is 0.176 e. The van der Waals surface area contributed by atoms with E-state index in [0.717, 1.165) is 18.7 Å². The van der Waals surface area contributed by atoms with E-state index in [9.17, 15) is 9.90 Å². The van der Waals surface area contributed by atoms with Gasteiger partial charge in [-0.15, -0.1) is 0 Å². The van der Waals surface area contributed by atoms with Gasteiger partial charge >= 0.3 is 0 Å². The Kier molecular flexibility index (Phi) is 4.58. The lowest BCUT2D eigenvalue weighted by Crippen LogP contribution is -2.50. The fraction of sp³-hybridized carbons (Fsp3) is 0.333. The third-order valence-electron chi connectivity index (χ3n) is 5.37. The number of rotatable bonds is 4. The van der Waals surface area contributed by atoms with Gasteiger partial charge in [0.15, 0.2) is 22.9 Å². The first-order valence-corrected chi connectivity index (χ1v) is 9.08. The summed E-state index contributed by atoms with van der Waals surface area (Å²) in [7, 11) is 1.47. The number of nitrogens with one attached hydrogen (secondary N) is 1. The fourth-order valence-corrected chi connectivity index (χ4v) is 3.91. The highest BCUT2D eigenvalue weighted by molar-refractivity contribution is 6.19. The summed E-state index contributed by atoms with van der Waals surface area (Å²) in [6.07, 6.45) is 1.41. The van der Waals surface area contributed by atoms with Gasteiger partial charge in [0.05, 0.1) is 7.11 Å². The molecule has 1 spiro atoms. The molecule has 1 unspecified atom stereocenters. The van der Waals surface area contributed by atoms with Crippen LogP contribution in [0.5, 0.6) is 11.5 Å². The van der Waals surface area contributed by atoms with Crippen LogP contribution < -0.4 is 10.1 Å². The predicted molar refractivity (Wildman–Crippen MR) is 101 cm³/mol. The largest absolute Gasteiger partial charge is 0.504 e. The normalized spacial score (nSPS) is 20.8. The van der Waals surface area contributed by atoms with E-state index in [1.54, 1.807) is 12.1 Å². The topological polar surface area (TPSA) is 80.2 Å². The third-order valence-corrected chi connectivity index (χ3v) is 5.37. The van der Waals surface area contributed by atoms with Crippen LogP contribution in [-0.4, -0.2) is 42.4 Å². The molecule has 0 aliphatic carbocycles. The van der Waals surface area contributed by atoms with E-state index in [2.05, 4.69) is 10.5 Å². The molecule has 6 nitrogen and oxygen atoms in total. The van der Waals surface area contributed by atoms with E-state index in [4.69, 9.17) is 9.57 Å². The monoisotopic (exact) mass is 366 g/mol. The summed E-state index contributed by atoms with van der Waals surface area (Å²) in [5.74, 6) is -0.297. The zero-order valence-corrected chi connectivity index (χ0v) is 15.1. The van der Waals surface area contributed by atoms with Crippen molar-refractivity contribution in [3.63, 3.8) is 0 Å². The van der Waals surface area contributed by atoms with E-state index >= 15 is 0 Å². The Hall–Kier alpha value is -2.86. The van der Waals surface area contributed by atoms with E-state index in [1.165, 1.54) is 13.2 Å². The number of nitrogens with zero attached hydrogens (tertiary/aromatic N) is 1. The van der Waals surface area contributed by atoms with E-state index in [1.807, 2.05) is 30.3 Å². The van der Waals surface area contributed by atoms with Crippen molar-refractivity contribution in [1.29, 1.82) is 0 Å². The molecule has 1 atom stereocenters. The van der Waals surface area contributed by atoms with Crippen LogP contribution in [0.2, 0.25) is 0 Å². The van der Waals surface area contributed by atoms with Crippen LogP contribution in [0.15, 0.2) is 53.7 Å². The number of ether oxygens (including phenoxy) is 1. The number of hydrogen-bond donors (Lipinski definition) is 2. The number of aromatic hydroxyl groups is 1. The lowest BCUT2D eigenvalue weighted by Gasteiger charge is -2.36. The summed E-state index contributed by atoms with van der Waals surface area (Å²) in [4.78, 5) is 19.5. The molecule has 2 aromatic carbocycles. The molecule has 2 N–H and O–H groups in total. The van der Waals surface area contributed by atoms with Crippen molar-refractivity contribution >= 4 is 11.5 Å². The summed E-state index contributed by atoms with van der Waals surface area (Å²) in [6.45, 7) is 1.56. The summed E-state index contributed by atoms with van der Waals surface area (Å²) in [5.41, 5.74) is 1.38. The standard InChI is InChI=1S/C21H22N2O4/c1-26-17-13-15(7-8-16(17)24)20(25)18-19(14-5-3-2-4-6-14)23-27-21(18)9-11-22-12-10-21/h2-8,13,18,22,24H,9-12H2,1H3. The molecule has 0 amide bonds. The zero-order chi connectivity index (χ0) is 18.9. The Bertz CT molecular complexity index is 873. The van der Waals surface area contributed by atoms with Crippen LogP contribution in [0.4, 0.5) is 0 Å². The number of Topliss-reactive ketones (excluding diaryl/α,β-unsaturated/α-hetero) is 1. The second-order valence-corrected chi connectivity index (χ2v) is 6.93. The highest BCUT2D eigenvalue weighted by Crippen LogP contribution is 2.41. The Labute approximate surface area is 157 Å². The van der Waals surface area contributed by atoms with E-state index < -0.39 is 11.5 Å². The summed E-state index contributed by atoms with van der Waals surface area (Å²) >= 11 is 0. The van der Waals surface area contributed by atoms with E-state index in [0.29, 0.717) is 24.1 Å². The molecule has 27 heavy (non-hydrogen) atoms. The minimum Gasteiger partial charge on any atom is -0.504 e. The number of piperidine rings is 1. The first kappa shape index (κ1) is 17.5. The number of hydrogen-bond acceptors (Lipinski definition) is 6. The maximum absolute atomic E-state index is 13.6. The highest BCUT2D eigenvalue weighted by atomic mass is 16.7. The van der Waals surface area contributed by atoms with Gasteiger partial charge in [0.25, 0.3) is 0 Å². The number of benzene rings is 2. The summed E-state index contributed by atoms with van der Waals surface area (Å²) in [5, 5.41) is 17.5. The van der Waals surface area contributed by atoms with Crippen molar-refractivity contribution in [3.8, 4) is 11.5 Å². The Balaban J connectivity index is 1.76. The SMILES string of the molecule is COc1cc(C(=O)C2C(c3ccccc3)=NOC23CCNCC3)ccc1O. The van der Waals surface area contributed by atoms with Crippen molar-refractivity contribution < 1.29 is 19.5 Å². The van der Waals surface area contributed by atoms with Gasteiger partial charge in [0.2, 0.25) is 0 Å². The Morgan fingerprint density at radius 2 is 1.96 bits per heavy atom. The van der Waals surface area contributed by atoms with Crippen molar-refractivity contribution in [2.45, 2.75) is 18.4 Å². The predicted octanol–water partition coefficient (Wildman–Crippen LogP) is 2.76. The van der Waals surface area contributed by atoms with Gasteiger partial charge in [0, 0.05) is 24.0 Å². The lowest BCUT2D eigenvalue weighted by molar-refractivity contribution is -0.0587. The number of phenols is 1. The van der Waals surface area contributed by atoms with Gasteiger partial charge < -0.3 is 20.0 Å². The number of phenolic OH excluding ortho intramolecular Hbond substituents is 1. The number of methoxy groups -OCH3 is 1. The number of ketones is 1. The van der Waals surface area contributed by atoms with E-state index in [-0.39, 0.29) is 17.3 Å². The molecular formula is C21H22N2O4. The second-order valence-electron chi connectivity index (χ2n) is 6.93. The molecule has 2 aromatic rings. The Morgan fingerprint density at radius 3 is 2.67 bits per heavy atom. The highest BCUT2D eigenvalue weighted by Gasteiger charge is 2.53.